The second kappa shape index (κ2) is 11.0. The number of amides is 1. The van der Waals surface area contributed by atoms with Crippen LogP contribution < -0.4 is 19.5 Å². The van der Waals surface area contributed by atoms with Crippen LogP contribution in [0.5, 0.6) is 17.2 Å². The van der Waals surface area contributed by atoms with E-state index in [1.54, 1.807) is 43.3 Å². The number of hydrogen-bond donors (Lipinski definition) is 1. The highest BCUT2D eigenvalue weighted by Gasteiger charge is 2.29. The Morgan fingerprint density at radius 3 is 2.11 bits per heavy atom. The molecule has 35 heavy (non-hydrogen) atoms. The predicted molar refractivity (Wildman–Crippen MR) is 127 cm³/mol. The number of carbonyl (C=O) groups excluding carboxylic acids is 2. The minimum absolute atomic E-state index is 0.000183. The summed E-state index contributed by atoms with van der Waals surface area (Å²) in [6.07, 6.45) is -1.41. The minimum atomic E-state index is -1.41. The highest BCUT2D eigenvalue weighted by Crippen LogP contribution is 2.36. The summed E-state index contributed by atoms with van der Waals surface area (Å²) in [5, 5.41) is 14.0. The highest BCUT2D eigenvalue weighted by atomic mass is 16.6. The van der Waals surface area contributed by atoms with Gasteiger partial charge >= 0.3 is 5.97 Å². The smallest absolute Gasteiger partial charge is 0.343 e. The molecule has 182 valence electrons. The average Bonchev–Trinajstić information content (AvgIpc) is 2.87. The molecule has 0 spiro atoms. The van der Waals surface area contributed by atoms with Gasteiger partial charge in [0.2, 0.25) is 6.10 Å². The van der Waals surface area contributed by atoms with Crippen LogP contribution in [0, 0.1) is 17.0 Å². The number of benzene rings is 3. The standard InChI is InChI=1S/C25H24N2O8/c1-15-10-11-18(19(12-15)27(30)31)26-24(28)23(16-8-6-5-7-9-16)35-25(29)17-13-21(33-3)22(34-4)14-20(17)32-2/h5-14,23H,1-4H3,(H,26,28). The number of aryl methyl sites for hydroxylation is 1. The number of nitrogens with one attached hydrogen (secondary N) is 1. The van der Waals surface area contributed by atoms with Gasteiger partial charge in [0.05, 0.1) is 26.3 Å². The SMILES string of the molecule is COc1cc(OC)c(C(=O)OC(C(=O)Nc2ccc(C)cc2[N+](=O)[O-])c2ccccc2)cc1OC. The first-order valence-corrected chi connectivity index (χ1v) is 10.4. The highest BCUT2D eigenvalue weighted by molar-refractivity contribution is 6.00. The molecule has 3 aromatic rings. The summed E-state index contributed by atoms with van der Waals surface area (Å²) in [7, 11) is 4.22. The molecule has 0 bridgehead atoms. The molecule has 3 aromatic carbocycles. The molecule has 1 N–H and O–H groups in total. The summed E-state index contributed by atoms with van der Waals surface area (Å²) in [5.74, 6) is -0.892. The largest absolute Gasteiger partial charge is 0.496 e. The second-order valence-electron chi connectivity index (χ2n) is 7.37. The van der Waals surface area contributed by atoms with Crippen LogP contribution in [0.3, 0.4) is 0 Å². The molecule has 10 nitrogen and oxygen atoms in total. The molecule has 0 heterocycles. The summed E-state index contributed by atoms with van der Waals surface area (Å²) in [5.41, 5.74) is 0.721. The number of hydrogen-bond acceptors (Lipinski definition) is 8. The van der Waals surface area contributed by atoms with E-state index in [-0.39, 0.29) is 28.4 Å². The molecule has 0 saturated heterocycles. The van der Waals surface area contributed by atoms with E-state index in [2.05, 4.69) is 5.32 Å². The van der Waals surface area contributed by atoms with Gasteiger partial charge in [-0.2, -0.15) is 0 Å². The van der Waals surface area contributed by atoms with Crippen LogP contribution in [0.1, 0.15) is 27.6 Å². The maximum absolute atomic E-state index is 13.2. The Bertz CT molecular complexity index is 1240. The Balaban J connectivity index is 1.97. The molecule has 3 rings (SSSR count). The third kappa shape index (κ3) is 5.67. The summed E-state index contributed by atoms with van der Waals surface area (Å²) in [4.78, 5) is 37.3. The number of rotatable bonds is 9. The third-order valence-electron chi connectivity index (χ3n) is 5.10. The van der Waals surface area contributed by atoms with Gasteiger partial charge < -0.3 is 24.3 Å². The maximum Gasteiger partial charge on any atom is 0.343 e. The molecule has 0 aliphatic carbocycles. The molecular weight excluding hydrogens is 456 g/mol. The zero-order valence-corrected chi connectivity index (χ0v) is 19.6. The first kappa shape index (κ1) is 25.0. The second-order valence-corrected chi connectivity index (χ2v) is 7.37. The van der Waals surface area contributed by atoms with Gasteiger partial charge in [-0.25, -0.2) is 4.79 Å². The van der Waals surface area contributed by atoms with E-state index < -0.39 is 22.9 Å². The summed E-state index contributed by atoms with van der Waals surface area (Å²) in [6, 6.07) is 15.5. The van der Waals surface area contributed by atoms with Crippen molar-refractivity contribution in [1.29, 1.82) is 0 Å². The lowest BCUT2D eigenvalue weighted by atomic mass is 10.1. The first-order chi connectivity index (χ1) is 16.8. The fourth-order valence-electron chi connectivity index (χ4n) is 3.36. The lowest BCUT2D eigenvalue weighted by molar-refractivity contribution is -0.384. The van der Waals surface area contributed by atoms with Crippen molar-refractivity contribution in [2.45, 2.75) is 13.0 Å². The van der Waals surface area contributed by atoms with Crippen molar-refractivity contribution in [2.75, 3.05) is 26.6 Å². The van der Waals surface area contributed by atoms with Crippen LogP contribution in [-0.4, -0.2) is 38.1 Å². The van der Waals surface area contributed by atoms with Gasteiger partial charge in [-0.05, 0) is 18.6 Å². The monoisotopic (exact) mass is 480 g/mol. The number of esters is 1. The van der Waals surface area contributed by atoms with Crippen LogP contribution in [0.15, 0.2) is 60.7 Å². The molecule has 0 aliphatic rings. The number of methoxy groups -OCH3 is 3. The quantitative estimate of drug-likeness (QED) is 0.270. The van der Waals surface area contributed by atoms with Crippen LogP contribution >= 0.6 is 0 Å². The van der Waals surface area contributed by atoms with E-state index >= 15 is 0 Å². The molecule has 1 amide bonds. The fourth-order valence-corrected chi connectivity index (χ4v) is 3.36. The summed E-state index contributed by atoms with van der Waals surface area (Å²) in [6.45, 7) is 1.70. The number of anilines is 1. The van der Waals surface area contributed by atoms with Crippen molar-refractivity contribution in [3.63, 3.8) is 0 Å². The van der Waals surface area contributed by atoms with E-state index in [1.165, 1.54) is 45.6 Å². The summed E-state index contributed by atoms with van der Waals surface area (Å²) >= 11 is 0. The van der Waals surface area contributed by atoms with E-state index in [4.69, 9.17) is 18.9 Å². The fraction of sp³-hybridized carbons (Fsp3) is 0.200. The van der Waals surface area contributed by atoms with Crippen molar-refractivity contribution in [3.8, 4) is 17.2 Å². The Labute approximate surface area is 201 Å². The first-order valence-electron chi connectivity index (χ1n) is 10.4. The van der Waals surface area contributed by atoms with Gasteiger partial charge in [-0.1, -0.05) is 36.4 Å². The van der Waals surface area contributed by atoms with Crippen molar-refractivity contribution in [3.05, 3.63) is 87.5 Å². The topological polar surface area (TPSA) is 126 Å². The Hall–Kier alpha value is -4.60. The normalized spacial score (nSPS) is 11.2. The van der Waals surface area contributed by atoms with E-state index in [0.717, 1.165) is 0 Å². The van der Waals surface area contributed by atoms with Crippen LogP contribution in [-0.2, 0) is 9.53 Å². The molecule has 0 radical (unpaired) electrons. The summed E-state index contributed by atoms with van der Waals surface area (Å²) < 4.78 is 21.4. The molecule has 1 atom stereocenters. The molecule has 0 aromatic heterocycles. The zero-order chi connectivity index (χ0) is 25.5. The molecular formula is C25H24N2O8. The van der Waals surface area contributed by atoms with Crippen LogP contribution in [0.4, 0.5) is 11.4 Å². The minimum Gasteiger partial charge on any atom is -0.496 e. The maximum atomic E-state index is 13.2. The van der Waals surface area contributed by atoms with Gasteiger partial charge in [-0.15, -0.1) is 0 Å². The lowest BCUT2D eigenvalue weighted by Crippen LogP contribution is -2.26. The van der Waals surface area contributed by atoms with Crippen molar-refractivity contribution in [1.82, 2.24) is 0 Å². The Morgan fingerprint density at radius 2 is 1.51 bits per heavy atom. The predicted octanol–water partition coefficient (Wildman–Crippen LogP) is 4.47. The van der Waals surface area contributed by atoms with Crippen LogP contribution in [0.25, 0.3) is 0 Å². The number of carbonyl (C=O) groups is 2. The van der Waals surface area contributed by atoms with Crippen molar-refractivity contribution >= 4 is 23.3 Å². The van der Waals surface area contributed by atoms with E-state index in [0.29, 0.717) is 16.9 Å². The average molecular weight is 480 g/mol. The number of ether oxygens (including phenoxy) is 4. The number of nitrogens with zero attached hydrogens (tertiary/aromatic N) is 1. The third-order valence-corrected chi connectivity index (χ3v) is 5.10. The Kier molecular flexibility index (Phi) is 7.88. The van der Waals surface area contributed by atoms with Crippen LogP contribution in [0.2, 0.25) is 0 Å². The molecule has 10 heteroatoms. The van der Waals surface area contributed by atoms with Gasteiger partial charge in [0, 0.05) is 23.8 Å². The number of nitro benzene ring substituents is 1. The molecule has 0 aliphatic heterocycles. The molecule has 0 saturated carbocycles. The lowest BCUT2D eigenvalue weighted by Gasteiger charge is -2.19. The van der Waals surface area contributed by atoms with Crippen molar-refractivity contribution < 1.29 is 33.5 Å². The van der Waals surface area contributed by atoms with Gasteiger partial charge in [0.15, 0.2) is 11.5 Å². The Morgan fingerprint density at radius 1 is 0.886 bits per heavy atom. The zero-order valence-electron chi connectivity index (χ0n) is 19.6. The van der Waals surface area contributed by atoms with Gasteiger partial charge in [0.25, 0.3) is 11.6 Å². The van der Waals surface area contributed by atoms with Crippen molar-refractivity contribution in [2.24, 2.45) is 0 Å². The van der Waals surface area contributed by atoms with Gasteiger partial charge in [0.1, 0.15) is 17.0 Å². The van der Waals surface area contributed by atoms with E-state index in [9.17, 15) is 19.7 Å². The molecule has 0 fully saturated rings. The van der Waals surface area contributed by atoms with E-state index in [1.807, 2.05) is 0 Å². The van der Waals surface area contributed by atoms with Gasteiger partial charge in [-0.3, -0.25) is 14.9 Å². The molecule has 1 unspecified atom stereocenters. The number of nitro groups is 1.